The van der Waals surface area contributed by atoms with Crippen LogP contribution in [0.3, 0.4) is 0 Å². The van der Waals surface area contributed by atoms with Crippen LogP contribution in [0.1, 0.15) is 5.56 Å². The number of carboxylic acid groups (broad SMARTS) is 1. The van der Waals surface area contributed by atoms with Gasteiger partial charge in [0.1, 0.15) is 6.54 Å². The van der Waals surface area contributed by atoms with Crippen molar-refractivity contribution in [3.8, 4) is 0 Å². The molecule has 0 saturated carbocycles. The van der Waals surface area contributed by atoms with E-state index < -0.39 is 5.97 Å². The van der Waals surface area contributed by atoms with E-state index in [0.29, 0.717) is 5.70 Å². The summed E-state index contributed by atoms with van der Waals surface area (Å²) in [5, 5.41) is 9.51. The molecule has 0 amide bonds. The second-order valence-electron chi connectivity index (χ2n) is 3.02. The molecule has 0 saturated heterocycles. The van der Waals surface area contributed by atoms with E-state index in [4.69, 9.17) is 16.7 Å². The number of hydrazine groups is 1. The van der Waals surface area contributed by atoms with E-state index in [9.17, 15) is 4.79 Å². The van der Waals surface area contributed by atoms with Gasteiger partial charge in [-0.1, -0.05) is 30.3 Å². The van der Waals surface area contributed by atoms with Crippen molar-refractivity contribution in [1.29, 1.82) is 0 Å². The molecule has 5 heteroatoms. The molecule has 0 bridgehead atoms. The fourth-order valence-electron chi connectivity index (χ4n) is 1.09. The zero-order valence-corrected chi connectivity index (χ0v) is 8.13. The molecule has 0 unspecified atom stereocenters. The minimum atomic E-state index is -1.00. The summed E-state index contributed by atoms with van der Waals surface area (Å²) in [7, 11) is 0. The van der Waals surface area contributed by atoms with Crippen molar-refractivity contribution < 1.29 is 9.90 Å². The third-order valence-corrected chi connectivity index (χ3v) is 1.73. The summed E-state index contributed by atoms with van der Waals surface area (Å²) < 4.78 is 0. The van der Waals surface area contributed by atoms with Gasteiger partial charge in [0.05, 0.1) is 5.70 Å². The van der Waals surface area contributed by atoms with Crippen LogP contribution in [0.5, 0.6) is 0 Å². The van der Waals surface area contributed by atoms with Crippen LogP contribution in [0.25, 0.3) is 5.70 Å². The van der Waals surface area contributed by atoms with Crippen LogP contribution in [-0.4, -0.2) is 22.6 Å². The maximum Gasteiger partial charge on any atom is 0.324 e. The van der Waals surface area contributed by atoms with Crippen LogP contribution in [0.2, 0.25) is 0 Å². The molecule has 0 atom stereocenters. The number of nitrogens with zero attached hydrogens (tertiary/aromatic N) is 1. The lowest BCUT2D eigenvalue weighted by Crippen LogP contribution is -2.31. The molecular formula is C10H13N3O2. The number of nitrogens with two attached hydrogens (primary N) is 2. The molecule has 1 rings (SSSR count). The van der Waals surface area contributed by atoms with E-state index in [0.717, 1.165) is 10.6 Å². The second-order valence-corrected chi connectivity index (χ2v) is 3.02. The van der Waals surface area contributed by atoms with Crippen LogP contribution >= 0.6 is 0 Å². The Morgan fingerprint density at radius 2 is 2.00 bits per heavy atom. The topological polar surface area (TPSA) is 92.6 Å². The average molecular weight is 207 g/mol. The Labute approximate surface area is 87.6 Å². The lowest BCUT2D eigenvalue weighted by molar-refractivity contribution is -0.137. The fourth-order valence-corrected chi connectivity index (χ4v) is 1.09. The maximum atomic E-state index is 10.3. The zero-order chi connectivity index (χ0) is 11.3. The highest BCUT2D eigenvalue weighted by Crippen LogP contribution is 2.07. The summed E-state index contributed by atoms with van der Waals surface area (Å²) in [5.41, 5.74) is 6.95. The van der Waals surface area contributed by atoms with Crippen molar-refractivity contribution in [1.82, 2.24) is 5.01 Å². The van der Waals surface area contributed by atoms with Crippen molar-refractivity contribution in [3.05, 3.63) is 42.1 Å². The van der Waals surface area contributed by atoms with Gasteiger partial charge in [0.25, 0.3) is 0 Å². The minimum absolute atomic E-state index is 0.284. The SMILES string of the molecule is N/C(=C\N(N)CC(=O)O)c1ccccc1. The Morgan fingerprint density at radius 3 is 2.53 bits per heavy atom. The van der Waals surface area contributed by atoms with E-state index in [1.807, 2.05) is 30.3 Å². The van der Waals surface area contributed by atoms with Gasteiger partial charge in [-0.2, -0.15) is 0 Å². The van der Waals surface area contributed by atoms with Crippen molar-refractivity contribution in [3.63, 3.8) is 0 Å². The van der Waals surface area contributed by atoms with Crippen LogP contribution in [0, 0.1) is 0 Å². The lowest BCUT2D eigenvalue weighted by atomic mass is 10.2. The first-order chi connectivity index (χ1) is 7.09. The predicted molar refractivity (Wildman–Crippen MR) is 57.1 cm³/mol. The fraction of sp³-hybridized carbons (Fsp3) is 0.100. The first-order valence-electron chi connectivity index (χ1n) is 4.35. The van der Waals surface area contributed by atoms with Gasteiger partial charge in [0, 0.05) is 6.20 Å². The Kier molecular flexibility index (Phi) is 3.70. The molecule has 0 aromatic heterocycles. The Bertz CT molecular complexity index is 362. The molecule has 1 aromatic rings. The Morgan fingerprint density at radius 1 is 1.40 bits per heavy atom. The highest BCUT2D eigenvalue weighted by molar-refractivity contribution is 5.70. The molecule has 0 fully saturated rings. The largest absolute Gasteiger partial charge is 0.480 e. The third-order valence-electron chi connectivity index (χ3n) is 1.73. The van der Waals surface area contributed by atoms with Gasteiger partial charge in [-0.05, 0) is 5.56 Å². The number of hydrogen-bond acceptors (Lipinski definition) is 4. The summed E-state index contributed by atoms with van der Waals surface area (Å²) in [4.78, 5) is 10.3. The van der Waals surface area contributed by atoms with Gasteiger partial charge in [-0.3, -0.25) is 4.79 Å². The van der Waals surface area contributed by atoms with Gasteiger partial charge in [-0.15, -0.1) is 0 Å². The van der Waals surface area contributed by atoms with Crippen LogP contribution < -0.4 is 11.6 Å². The van der Waals surface area contributed by atoms with E-state index in [-0.39, 0.29) is 6.54 Å². The van der Waals surface area contributed by atoms with E-state index in [1.165, 1.54) is 6.20 Å². The van der Waals surface area contributed by atoms with E-state index in [2.05, 4.69) is 0 Å². The Balaban J connectivity index is 2.71. The van der Waals surface area contributed by atoms with E-state index in [1.54, 1.807) is 0 Å². The normalized spacial score (nSPS) is 11.1. The number of hydrogen-bond donors (Lipinski definition) is 3. The smallest absolute Gasteiger partial charge is 0.324 e. The molecule has 5 N–H and O–H groups in total. The summed E-state index contributed by atoms with van der Waals surface area (Å²) in [5.74, 6) is 4.40. The van der Waals surface area contributed by atoms with Crippen molar-refractivity contribution >= 4 is 11.7 Å². The standard InChI is InChI=1S/C10H13N3O2/c11-9(6-13(12)7-10(14)15)8-4-2-1-3-5-8/h1-6H,7,11-12H2,(H,14,15)/b9-6-. The molecular weight excluding hydrogens is 194 g/mol. The molecule has 0 spiro atoms. The second kappa shape index (κ2) is 5.02. The molecule has 0 aliphatic heterocycles. The zero-order valence-electron chi connectivity index (χ0n) is 8.13. The van der Waals surface area contributed by atoms with Crippen LogP contribution in [-0.2, 0) is 4.79 Å². The maximum absolute atomic E-state index is 10.3. The van der Waals surface area contributed by atoms with Gasteiger partial charge < -0.3 is 15.8 Å². The summed E-state index contributed by atoms with van der Waals surface area (Å²) in [6.45, 7) is -0.284. The van der Waals surface area contributed by atoms with Crippen LogP contribution in [0.15, 0.2) is 36.5 Å². The number of aliphatic carboxylic acids is 1. The molecule has 1 aromatic carbocycles. The lowest BCUT2D eigenvalue weighted by Gasteiger charge is -2.11. The first-order valence-corrected chi connectivity index (χ1v) is 4.35. The molecule has 0 radical (unpaired) electrons. The third kappa shape index (κ3) is 3.70. The van der Waals surface area contributed by atoms with Gasteiger partial charge in [0.2, 0.25) is 0 Å². The molecule has 15 heavy (non-hydrogen) atoms. The number of benzene rings is 1. The van der Waals surface area contributed by atoms with E-state index >= 15 is 0 Å². The molecule has 0 aliphatic carbocycles. The predicted octanol–water partition coefficient (Wildman–Crippen LogP) is 0.204. The molecule has 5 nitrogen and oxygen atoms in total. The van der Waals surface area contributed by atoms with Gasteiger partial charge in [0.15, 0.2) is 0 Å². The number of carbonyl (C=O) groups is 1. The summed E-state index contributed by atoms with van der Waals surface area (Å²) >= 11 is 0. The number of carboxylic acids is 1. The summed E-state index contributed by atoms with van der Waals surface area (Å²) in [6, 6.07) is 9.19. The van der Waals surface area contributed by atoms with Gasteiger partial charge >= 0.3 is 5.97 Å². The molecule has 80 valence electrons. The molecule has 0 aliphatic rings. The van der Waals surface area contributed by atoms with Gasteiger partial charge in [-0.25, -0.2) is 5.84 Å². The first kappa shape index (κ1) is 11.1. The number of rotatable bonds is 4. The van der Waals surface area contributed by atoms with Crippen molar-refractivity contribution in [2.45, 2.75) is 0 Å². The van der Waals surface area contributed by atoms with Crippen molar-refractivity contribution in [2.75, 3.05) is 6.54 Å². The quantitative estimate of drug-likeness (QED) is 0.484. The van der Waals surface area contributed by atoms with Crippen LogP contribution in [0.4, 0.5) is 0 Å². The molecule has 0 heterocycles. The average Bonchev–Trinajstić information content (AvgIpc) is 2.17. The summed E-state index contributed by atoms with van der Waals surface area (Å²) in [6.07, 6.45) is 1.39. The highest BCUT2D eigenvalue weighted by Gasteiger charge is 2.02. The Hall–Kier alpha value is -2.01. The monoisotopic (exact) mass is 207 g/mol. The minimum Gasteiger partial charge on any atom is -0.480 e. The highest BCUT2D eigenvalue weighted by atomic mass is 16.4. The van der Waals surface area contributed by atoms with Crippen molar-refractivity contribution in [2.24, 2.45) is 11.6 Å².